The van der Waals surface area contributed by atoms with Crippen molar-refractivity contribution in [1.82, 2.24) is 0 Å². The van der Waals surface area contributed by atoms with Gasteiger partial charge in [-0.1, -0.05) is 38.1 Å². The molecule has 0 spiro atoms. The van der Waals surface area contributed by atoms with Crippen LogP contribution in [0.15, 0.2) is 29.4 Å². The van der Waals surface area contributed by atoms with Crippen molar-refractivity contribution in [2.45, 2.75) is 33.6 Å². The van der Waals surface area contributed by atoms with E-state index < -0.39 is 0 Å². The Morgan fingerprint density at radius 1 is 1.33 bits per heavy atom. The number of benzene rings is 1. The van der Waals surface area contributed by atoms with Crippen LogP contribution in [0.4, 0.5) is 0 Å². The molecule has 0 radical (unpaired) electrons. The highest BCUT2D eigenvalue weighted by molar-refractivity contribution is 5.85. The summed E-state index contributed by atoms with van der Waals surface area (Å²) >= 11 is 0. The van der Waals surface area contributed by atoms with Crippen molar-refractivity contribution < 1.29 is 9.94 Å². The lowest BCUT2D eigenvalue weighted by atomic mass is 9.88. The largest absolute Gasteiger partial charge is 0.494 e. The van der Waals surface area contributed by atoms with Crippen LogP contribution in [0.3, 0.4) is 0 Å². The molecular weight excluding hydrogens is 228 g/mol. The first-order valence-electron chi connectivity index (χ1n) is 6.19. The maximum atomic E-state index is 8.67. The van der Waals surface area contributed by atoms with E-state index in [4.69, 9.17) is 15.7 Å². The first-order chi connectivity index (χ1) is 8.49. The van der Waals surface area contributed by atoms with Crippen LogP contribution in [-0.2, 0) is 6.42 Å². The summed E-state index contributed by atoms with van der Waals surface area (Å²) in [5, 5.41) is 11.7. The van der Waals surface area contributed by atoms with Crippen LogP contribution >= 0.6 is 0 Å². The third-order valence-corrected chi connectivity index (χ3v) is 3.13. The Kier molecular flexibility index (Phi) is 5.01. The standard InChI is InChI=1S/C14H22N2O2/c1-4-11-5-7-12(8-6-11)18-10-9-14(2,3)13(15)16-17/h5-8,17H,4,9-10H2,1-3H3,(H2,15,16). The zero-order chi connectivity index (χ0) is 13.6. The molecule has 1 aromatic rings. The van der Waals surface area contributed by atoms with Gasteiger partial charge in [-0.15, -0.1) is 0 Å². The number of rotatable bonds is 6. The van der Waals surface area contributed by atoms with Gasteiger partial charge in [0.1, 0.15) is 11.6 Å². The highest BCUT2D eigenvalue weighted by atomic mass is 16.5. The number of nitrogens with two attached hydrogens (primary N) is 1. The molecule has 1 rings (SSSR count). The molecule has 1 aromatic carbocycles. The average Bonchev–Trinajstić information content (AvgIpc) is 2.38. The van der Waals surface area contributed by atoms with E-state index in [1.165, 1.54) is 5.56 Å². The average molecular weight is 250 g/mol. The zero-order valence-corrected chi connectivity index (χ0v) is 11.3. The van der Waals surface area contributed by atoms with Crippen molar-refractivity contribution in [2.75, 3.05) is 6.61 Å². The minimum atomic E-state index is -0.363. The monoisotopic (exact) mass is 250 g/mol. The molecule has 0 saturated carbocycles. The summed E-state index contributed by atoms with van der Waals surface area (Å²) in [6, 6.07) is 8.05. The quantitative estimate of drug-likeness (QED) is 0.353. The van der Waals surface area contributed by atoms with Gasteiger partial charge in [0.25, 0.3) is 0 Å². The number of oxime groups is 1. The van der Waals surface area contributed by atoms with Crippen LogP contribution in [0.5, 0.6) is 5.75 Å². The van der Waals surface area contributed by atoms with Gasteiger partial charge in [-0.25, -0.2) is 0 Å². The third kappa shape index (κ3) is 3.95. The summed E-state index contributed by atoms with van der Waals surface area (Å²) in [5.41, 5.74) is 6.54. The SMILES string of the molecule is CCc1ccc(OCCC(C)(C)C(N)=NO)cc1. The van der Waals surface area contributed by atoms with Crippen molar-refractivity contribution in [2.24, 2.45) is 16.3 Å². The normalized spacial score (nSPS) is 12.5. The van der Waals surface area contributed by atoms with Crippen molar-refractivity contribution in [3.63, 3.8) is 0 Å². The van der Waals surface area contributed by atoms with Gasteiger partial charge in [0.05, 0.1) is 6.61 Å². The number of nitrogens with zero attached hydrogens (tertiary/aromatic N) is 1. The first kappa shape index (κ1) is 14.4. The van der Waals surface area contributed by atoms with E-state index in [2.05, 4.69) is 24.2 Å². The maximum absolute atomic E-state index is 8.67. The highest BCUT2D eigenvalue weighted by Crippen LogP contribution is 2.21. The van der Waals surface area contributed by atoms with E-state index in [0.717, 1.165) is 12.2 Å². The Morgan fingerprint density at radius 2 is 1.94 bits per heavy atom. The lowest BCUT2D eigenvalue weighted by Gasteiger charge is -2.22. The molecule has 0 aliphatic heterocycles. The Balaban J connectivity index is 2.46. The molecule has 4 nitrogen and oxygen atoms in total. The summed E-state index contributed by atoms with van der Waals surface area (Å²) in [6.45, 7) is 6.50. The fourth-order valence-corrected chi connectivity index (χ4v) is 1.51. The molecule has 0 aliphatic carbocycles. The van der Waals surface area contributed by atoms with Gasteiger partial charge in [-0.05, 0) is 30.5 Å². The second-order valence-electron chi connectivity index (χ2n) is 4.97. The van der Waals surface area contributed by atoms with E-state index in [9.17, 15) is 0 Å². The summed E-state index contributed by atoms with van der Waals surface area (Å²) in [7, 11) is 0. The highest BCUT2D eigenvalue weighted by Gasteiger charge is 2.23. The smallest absolute Gasteiger partial charge is 0.144 e. The van der Waals surface area contributed by atoms with E-state index >= 15 is 0 Å². The second-order valence-corrected chi connectivity index (χ2v) is 4.97. The Bertz CT molecular complexity index is 397. The van der Waals surface area contributed by atoms with Gasteiger partial charge < -0.3 is 15.7 Å². The van der Waals surface area contributed by atoms with Crippen LogP contribution in [0.2, 0.25) is 0 Å². The lowest BCUT2D eigenvalue weighted by molar-refractivity contribution is 0.259. The minimum Gasteiger partial charge on any atom is -0.494 e. The van der Waals surface area contributed by atoms with Crippen LogP contribution in [0.25, 0.3) is 0 Å². The van der Waals surface area contributed by atoms with Gasteiger partial charge in [-0.3, -0.25) is 0 Å². The van der Waals surface area contributed by atoms with Gasteiger partial charge in [-0.2, -0.15) is 0 Å². The van der Waals surface area contributed by atoms with Crippen molar-refractivity contribution >= 4 is 5.84 Å². The number of aryl methyl sites for hydroxylation is 1. The molecule has 0 heterocycles. The summed E-state index contributed by atoms with van der Waals surface area (Å²) in [5.74, 6) is 1.08. The Hall–Kier alpha value is -1.71. The first-order valence-corrected chi connectivity index (χ1v) is 6.19. The molecule has 0 unspecified atom stereocenters. The fourth-order valence-electron chi connectivity index (χ4n) is 1.51. The van der Waals surface area contributed by atoms with Gasteiger partial charge >= 0.3 is 0 Å². The van der Waals surface area contributed by atoms with Crippen molar-refractivity contribution in [1.29, 1.82) is 0 Å². The van der Waals surface area contributed by atoms with E-state index in [-0.39, 0.29) is 11.3 Å². The molecule has 18 heavy (non-hydrogen) atoms. The van der Waals surface area contributed by atoms with Crippen LogP contribution in [0, 0.1) is 5.41 Å². The topological polar surface area (TPSA) is 67.8 Å². The second kappa shape index (κ2) is 6.28. The molecule has 0 bridgehead atoms. The molecule has 0 amide bonds. The van der Waals surface area contributed by atoms with Crippen LogP contribution < -0.4 is 10.5 Å². The van der Waals surface area contributed by atoms with Gasteiger partial charge in [0, 0.05) is 5.41 Å². The maximum Gasteiger partial charge on any atom is 0.144 e. The minimum absolute atomic E-state index is 0.229. The number of hydrogen-bond acceptors (Lipinski definition) is 3. The molecule has 0 aromatic heterocycles. The molecule has 0 saturated heterocycles. The molecule has 0 atom stereocenters. The van der Waals surface area contributed by atoms with Crippen LogP contribution in [0.1, 0.15) is 32.8 Å². The Labute approximate surface area is 108 Å². The number of hydrogen-bond donors (Lipinski definition) is 2. The zero-order valence-electron chi connectivity index (χ0n) is 11.3. The Morgan fingerprint density at radius 3 is 2.44 bits per heavy atom. The predicted molar refractivity (Wildman–Crippen MR) is 73.1 cm³/mol. The lowest BCUT2D eigenvalue weighted by Crippen LogP contribution is -2.33. The number of amidine groups is 1. The molecule has 0 fully saturated rings. The summed E-state index contributed by atoms with van der Waals surface area (Å²) < 4.78 is 5.64. The predicted octanol–water partition coefficient (Wildman–Crippen LogP) is 2.79. The van der Waals surface area contributed by atoms with Crippen molar-refractivity contribution in [3.05, 3.63) is 29.8 Å². The molecule has 100 valence electrons. The third-order valence-electron chi connectivity index (χ3n) is 3.13. The summed E-state index contributed by atoms with van der Waals surface area (Å²) in [6.07, 6.45) is 1.72. The van der Waals surface area contributed by atoms with Gasteiger partial charge in [0.15, 0.2) is 0 Å². The van der Waals surface area contributed by atoms with E-state index in [1.807, 2.05) is 26.0 Å². The molecule has 3 N–H and O–H groups in total. The number of ether oxygens (including phenoxy) is 1. The molecular formula is C14H22N2O2. The summed E-state index contributed by atoms with van der Waals surface area (Å²) in [4.78, 5) is 0. The fraction of sp³-hybridized carbons (Fsp3) is 0.500. The van der Waals surface area contributed by atoms with Gasteiger partial charge in [0.2, 0.25) is 0 Å². The molecule has 0 aliphatic rings. The van der Waals surface area contributed by atoms with Crippen molar-refractivity contribution in [3.8, 4) is 5.75 Å². The van der Waals surface area contributed by atoms with E-state index in [1.54, 1.807) is 0 Å². The van der Waals surface area contributed by atoms with E-state index in [0.29, 0.717) is 13.0 Å². The molecule has 4 heteroatoms. The van der Waals surface area contributed by atoms with Crippen LogP contribution in [-0.4, -0.2) is 17.6 Å².